The van der Waals surface area contributed by atoms with Crippen LogP contribution < -0.4 is 15.0 Å². The molecular weight excluding hydrogens is 424 g/mol. The Hall–Kier alpha value is -3.09. The number of benzene rings is 2. The molecule has 6 nitrogen and oxygen atoms in total. The highest BCUT2D eigenvalue weighted by Crippen LogP contribution is 2.26. The van der Waals surface area contributed by atoms with Crippen LogP contribution in [0.15, 0.2) is 60.7 Å². The van der Waals surface area contributed by atoms with Gasteiger partial charge in [0.1, 0.15) is 10.9 Å². The van der Waals surface area contributed by atoms with E-state index < -0.39 is 0 Å². The Morgan fingerprint density at radius 3 is 2.41 bits per heavy atom. The third-order valence-corrected chi connectivity index (χ3v) is 6.15. The Kier molecular flexibility index (Phi) is 6.63. The number of rotatable bonds is 6. The number of carbonyl (C=O) groups excluding carboxylic acids is 1. The second-order valence-electron chi connectivity index (χ2n) is 8.12. The quantitative estimate of drug-likeness (QED) is 0.546. The summed E-state index contributed by atoms with van der Waals surface area (Å²) in [5.74, 6) is 0.481. The van der Waals surface area contributed by atoms with E-state index in [1.807, 2.05) is 48.5 Å². The Labute approximate surface area is 193 Å². The van der Waals surface area contributed by atoms with Gasteiger partial charge in [-0.3, -0.25) is 4.79 Å². The van der Waals surface area contributed by atoms with Crippen molar-refractivity contribution in [1.29, 1.82) is 0 Å². The average molecular weight is 451 g/mol. The molecular formula is C25H27ClN4O2. The molecule has 1 atom stereocenters. The van der Waals surface area contributed by atoms with Crippen molar-refractivity contribution in [3.8, 4) is 17.0 Å². The first-order chi connectivity index (χ1) is 15.4. The largest absolute Gasteiger partial charge is 0.497 e. The fourth-order valence-electron chi connectivity index (χ4n) is 3.88. The Bertz CT molecular complexity index is 1080. The summed E-state index contributed by atoms with van der Waals surface area (Å²) in [4.78, 5) is 21.8. The number of likely N-dealkylation sites (N-methyl/N-ethyl adjacent to an activating group) is 1. The van der Waals surface area contributed by atoms with Gasteiger partial charge in [0.25, 0.3) is 5.91 Å². The van der Waals surface area contributed by atoms with Crippen LogP contribution in [0.25, 0.3) is 11.3 Å². The van der Waals surface area contributed by atoms with Crippen LogP contribution in [0.3, 0.4) is 0 Å². The number of carbonyl (C=O) groups is 1. The Morgan fingerprint density at radius 1 is 1.09 bits per heavy atom. The van der Waals surface area contributed by atoms with E-state index in [9.17, 15) is 4.79 Å². The summed E-state index contributed by atoms with van der Waals surface area (Å²) >= 11 is 6.34. The molecule has 1 aliphatic heterocycles. The second kappa shape index (κ2) is 9.59. The molecule has 0 radical (unpaired) electrons. The summed E-state index contributed by atoms with van der Waals surface area (Å²) in [6.45, 7) is 2.05. The first-order valence-electron chi connectivity index (χ1n) is 10.6. The van der Waals surface area contributed by atoms with E-state index in [-0.39, 0.29) is 11.1 Å². The van der Waals surface area contributed by atoms with Gasteiger partial charge in [0.15, 0.2) is 0 Å². The number of methoxy groups -OCH3 is 1. The zero-order valence-corrected chi connectivity index (χ0v) is 19.3. The summed E-state index contributed by atoms with van der Waals surface area (Å²) in [5.41, 5.74) is 3.81. The van der Waals surface area contributed by atoms with Crippen LogP contribution in [0.2, 0.25) is 5.15 Å². The zero-order valence-electron chi connectivity index (χ0n) is 18.5. The van der Waals surface area contributed by atoms with E-state index in [0.717, 1.165) is 42.2 Å². The van der Waals surface area contributed by atoms with Crippen LogP contribution in [0.1, 0.15) is 16.8 Å². The highest BCUT2D eigenvalue weighted by atomic mass is 35.5. The van der Waals surface area contributed by atoms with E-state index in [0.29, 0.717) is 17.3 Å². The number of aromatic nitrogens is 1. The van der Waals surface area contributed by atoms with Gasteiger partial charge in [0.05, 0.1) is 18.4 Å². The minimum Gasteiger partial charge on any atom is -0.497 e. The lowest BCUT2D eigenvalue weighted by Crippen LogP contribution is -2.31. The fraction of sp³-hybridized carbons (Fsp3) is 0.280. The Balaban J connectivity index is 1.42. The van der Waals surface area contributed by atoms with E-state index in [1.165, 1.54) is 0 Å². The molecule has 1 saturated heterocycles. The summed E-state index contributed by atoms with van der Waals surface area (Å²) in [7, 11) is 5.87. The van der Waals surface area contributed by atoms with Gasteiger partial charge in [-0.1, -0.05) is 11.6 Å². The van der Waals surface area contributed by atoms with Crippen LogP contribution in [0.4, 0.5) is 11.4 Å². The van der Waals surface area contributed by atoms with E-state index in [4.69, 9.17) is 16.3 Å². The van der Waals surface area contributed by atoms with Gasteiger partial charge in [-0.15, -0.1) is 0 Å². The molecule has 1 aliphatic rings. The molecule has 1 unspecified atom stereocenters. The number of ether oxygens (including phenoxy) is 1. The lowest BCUT2D eigenvalue weighted by atomic mass is 10.1. The maximum absolute atomic E-state index is 12.8. The molecule has 166 valence electrons. The van der Waals surface area contributed by atoms with Gasteiger partial charge < -0.3 is 19.9 Å². The average Bonchev–Trinajstić information content (AvgIpc) is 3.30. The monoisotopic (exact) mass is 450 g/mol. The molecule has 2 aromatic carbocycles. The highest BCUT2D eigenvalue weighted by molar-refractivity contribution is 6.33. The molecule has 0 spiro atoms. The van der Waals surface area contributed by atoms with Crippen molar-refractivity contribution in [2.75, 3.05) is 44.5 Å². The molecule has 4 rings (SSSR count). The lowest BCUT2D eigenvalue weighted by Gasteiger charge is -2.22. The van der Waals surface area contributed by atoms with Gasteiger partial charge >= 0.3 is 0 Å². The van der Waals surface area contributed by atoms with Crippen molar-refractivity contribution in [2.45, 2.75) is 12.5 Å². The first-order valence-corrected chi connectivity index (χ1v) is 11.0. The fourth-order valence-corrected chi connectivity index (χ4v) is 4.12. The molecule has 0 bridgehead atoms. The van der Waals surface area contributed by atoms with Gasteiger partial charge in [0.2, 0.25) is 0 Å². The van der Waals surface area contributed by atoms with E-state index in [1.54, 1.807) is 19.2 Å². The predicted octanol–water partition coefficient (Wildman–Crippen LogP) is 4.80. The molecule has 1 N–H and O–H groups in total. The van der Waals surface area contributed by atoms with Crippen molar-refractivity contribution in [3.05, 3.63) is 71.4 Å². The first kappa shape index (κ1) is 22.1. The van der Waals surface area contributed by atoms with Gasteiger partial charge in [-0.2, -0.15) is 0 Å². The van der Waals surface area contributed by atoms with Crippen LogP contribution in [-0.4, -0.2) is 56.1 Å². The smallest absolute Gasteiger partial charge is 0.258 e. The molecule has 0 saturated carbocycles. The summed E-state index contributed by atoms with van der Waals surface area (Å²) < 4.78 is 5.18. The molecule has 0 aliphatic carbocycles. The third kappa shape index (κ3) is 4.87. The minimum absolute atomic E-state index is 0.166. The maximum Gasteiger partial charge on any atom is 0.258 e. The highest BCUT2D eigenvalue weighted by Gasteiger charge is 2.24. The maximum atomic E-state index is 12.8. The van der Waals surface area contributed by atoms with Crippen LogP contribution >= 0.6 is 11.6 Å². The second-order valence-corrected chi connectivity index (χ2v) is 8.47. The molecule has 3 aromatic rings. The van der Waals surface area contributed by atoms with Crippen molar-refractivity contribution in [1.82, 2.24) is 9.88 Å². The number of hydrogen-bond acceptors (Lipinski definition) is 5. The number of nitrogens with zero attached hydrogens (tertiary/aromatic N) is 3. The topological polar surface area (TPSA) is 57.7 Å². The van der Waals surface area contributed by atoms with Crippen LogP contribution in [-0.2, 0) is 0 Å². The van der Waals surface area contributed by atoms with Crippen molar-refractivity contribution < 1.29 is 9.53 Å². The molecule has 1 fully saturated rings. The number of hydrogen-bond donors (Lipinski definition) is 1. The van der Waals surface area contributed by atoms with Crippen LogP contribution in [0.5, 0.6) is 5.75 Å². The summed E-state index contributed by atoms with van der Waals surface area (Å²) in [5, 5.41) is 3.08. The van der Waals surface area contributed by atoms with Crippen molar-refractivity contribution in [3.63, 3.8) is 0 Å². The zero-order chi connectivity index (χ0) is 22.7. The number of pyridine rings is 1. The van der Waals surface area contributed by atoms with Crippen molar-refractivity contribution >= 4 is 28.9 Å². The third-order valence-electron chi connectivity index (χ3n) is 5.86. The lowest BCUT2D eigenvalue weighted by molar-refractivity contribution is 0.102. The summed E-state index contributed by atoms with van der Waals surface area (Å²) in [6.07, 6.45) is 1.16. The number of amides is 1. The Morgan fingerprint density at radius 2 is 1.81 bits per heavy atom. The number of halogens is 1. The minimum atomic E-state index is -0.287. The van der Waals surface area contributed by atoms with E-state index in [2.05, 4.69) is 34.2 Å². The standard InChI is InChI=1S/C25H27ClN4O2/c1-29(2)20-14-15-30(16-20)19-8-6-18(7-9-19)27-25(31)22-12-13-23(28-24(22)26)17-4-10-21(32-3)11-5-17/h4-13,20H,14-16H2,1-3H3,(H,27,31). The molecule has 1 amide bonds. The predicted molar refractivity (Wildman–Crippen MR) is 130 cm³/mol. The molecule has 7 heteroatoms. The van der Waals surface area contributed by atoms with Crippen LogP contribution in [0, 0.1) is 0 Å². The van der Waals surface area contributed by atoms with E-state index >= 15 is 0 Å². The van der Waals surface area contributed by atoms with Gasteiger partial charge in [-0.25, -0.2) is 4.98 Å². The molecule has 1 aromatic heterocycles. The number of nitrogens with one attached hydrogen (secondary N) is 1. The normalized spacial score (nSPS) is 15.8. The van der Waals surface area contributed by atoms with Crippen molar-refractivity contribution in [2.24, 2.45) is 0 Å². The van der Waals surface area contributed by atoms with Gasteiger partial charge in [-0.05, 0) is 81.2 Å². The number of anilines is 2. The van der Waals surface area contributed by atoms with Gasteiger partial charge in [0, 0.05) is 36.1 Å². The molecule has 32 heavy (non-hydrogen) atoms. The molecule has 2 heterocycles. The SMILES string of the molecule is COc1ccc(-c2ccc(C(=O)Nc3ccc(N4CCC(N(C)C)C4)cc3)c(Cl)n2)cc1. The summed E-state index contributed by atoms with van der Waals surface area (Å²) in [6, 6.07) is 19.5.